The molecule has 0 aliphatic rings. The topological polar surface area (TPSA) is 9.23 Å². The van der Waals surface area contributed by atoms with E-state index in [0.717, 1.165) is 27.1 Å². The van der Waals surface area contributed by atoms with Crippen LogP contribution in [0.2, 0.25) is 5.02 Å². The molecule has 0 atom stereocenters. The lowest BCUT2D eigenvalue weighted by atomic mass is 10.2. The fraction of sp³-hybridized carbons (Fsp3) is 0.143. The van der Waals surface area contributed by atoms with Crippen LogP contribution in [0.25, 0.3) is 0 Å². The van der Waals surface area contributed by atoms with E-state index < -0.39 is 0 Å². The van der Waals surface area contributed by atoms with E-state index in [2.05, 4.69) is 15.9 Å². The van der Waals surface area contributed by atoms with Crippen molar-refractivity contribution in [2.75, 3.05) is 0 Å². The van der Waals surface area contributed by atoms with Crippen LogP contribution >= 0.6 is 39.1 Å². The Labute approximate surface area is 125 Å². The van der Waals surface area contributed by atoms with Crippen molar-refractivity contribution in [1.82, 2.24) is 0 Å². The summed E-state index contributed by atoms with van der Waals surface area (Å²) in [5.74, 6) is 1.95. The fourth-order valence-corrected chi connectivity index (χ4v) is 2.44. The van der Waals surface area contributed by atoms with Crippen molar-refractivity contribution in [1.29, 1.82) is 0 Å². The number of benzene rings is 2. The summed E-state index contributed by atoms with van der Waals surface area (Å²) in [7, 11) is 0. The maximum absolute atomic E-state index is 5.92. The van der Waals surface area contributed by atoms with Gasteiger partial charge in [0.25, 0.3) is 0 Å². The molecule has 0 saturated heterocycles. The third-order valence-electron chi connectivity index (χ3n) is 2.52. The number of alkyl halides is 1. The van der Waals surface area contributed by atoms with Gasteiger partial charge in [0.05, 0.1) is 5.88 Å². The van der Waals surface area contributed by atoms with Crippen molar-refractivity contribution in [2.45, 2.75) is 12.8 Å². The van der Waals surface area contributed by atoms with E-state index in [1.807, 2.05) is 43.3 Å². The third-order valence-corrected chi connectivity index (χ3v) is 3.54. The Hall–Kier alpha value is -0.700. The van der Waals surface area contributed by atoms with Gasteiger partial charge in [0.15, 0.2) is 0 Å². The predicted octanol–water partition coefficient (Wildman–Crippen LogP) is 5.94. The van der Waals surface area contributed by atoms with E-state index in [9.17, 15) is 0 Å². The second-order valence-electron chi connectivity index (χ2n) is 3.90. The summed E-state index contributed by atoms with van der Waals surface area (Å²) in [6, 6.07) is 11.3. The first-order valence-corrected chi connectivity index (χ1v) is 7.09. The molecule has 0 heterocycles. The second-order valence-corrected chi connectivity index (χ2v) is 5.52. The van der Waals surface area contributed by atoms with Crippen LogP contribution in [-0.2, 0) is 5.88 Å². The zero-order valence-electron chi connectivity index (χ0n) is 9.71. The van der Waals surface area contributed by atoms with E-state index in [0.29, 0.717) is 10.9 Å². The van der Waals surface area contributed by atoms with Gasteiger partial charge in [-0.1, -0.05) is 27.5 Å². The number of ether oxygens (including phenoxy) is 1. The highest BCUT2D eigenvalue weighted by atomic mass is 79.9. The molecule has 0 N–H and O–H groups in total. The van der Waals surface area contributed by atoms with Crippen LogP contribution in [0.4, 0.5) is 0 Å². The van der Waals surface area contributed by atoms with Gasteiger partial charge in [-0.15, -0.1) is 11.6 Å². The van der Waals surface area contributed by atoms with Gasteiger partial charge < -0.3 is 4.74 Å². The number of hydrogen-bond donors (Lipinski definition) is 0. The highest BCUT2D eigenvalue weighted by Crippen LogP contribution is 2.31. The zero-order chi connectivity index (χ0) is 13.1. The minimum Gasteiger partial charge on any atom is -0.457 e. The molecule has 4 heteroatoms. The van der Waals surface area contributed by atoms with Crippen LogP contribution in [0.1, 0.15) is 11.1 Å². The fourth-order valence-electron chi connectivity index (χ4n) is 1.60. The Balaban J connectivity index is 2.33. The Morgan fingerprint density at radius 1 is 1.11 bits per heavy atom. The quantitative estimate of drug-likeness (QED) is 0.625. The van der Waals surface area contributed by atoms with Crippen LogP contribution in [-0.4, -0.2) is 0 Å². The van der Waals surface area contributed by atoms with E-state index in [1.54, 1.807) is 0 Å². The van der Waals surface area contributed by atoms with Crippen LogP contribution < -0.4 is 4.74 Å². The molecule has 18 heavy (non-hydrogen) atoms. The molecule has 1 nitrogen and oxygen atoms in total. The molecule has 0 unspecified atom stereocenters. The lowest BCUT2D eigenvalue weighted by Crippen LogP contribution is -1.91. The number of aryl methyl sites for hydroxylation is 1. The maximum Gasteiger partial charge on any atom is 0.131 e. The van der Waals surface area contributed by atoms with Crippen LogP contribution in [0, 0.1) is 6.92 Å². The van der Waals surface area contributed by atoms with Gasteiger partial charge in [-0.05, 0) is 48.9 Å². The molecular weight excluding hydrogens is 335 g/mol. The summed E-state index contributed by atoms with van der Waals surface area (Å²) in [6.07, 6.45) is 0. The Morgan fingerprint density at radius 2 is 1.83 bits per heavy atom. The minimum absolute atomic E-state index is 0.404. The summed E-state index contributed by atoms with van der Waals surface area (Å²) in [5.41, 5.74) is 1.94. The highest BCUT2D eigenvalue weighted by Gasteiger charge is 2.07. The van der Waals surface area contributed by atoms with E-state index in [-0.39, 0.29) is 0 Å². The van der Waals surface area contributed by atoms with Crippen LogP contribution in [0.5, 0.6) is 11.5 Å². The van der Waals surface area contributed by atoms with Gasteiger partial charge in [0, 0.05) is 15.1 Å². The average molecular weight is 346 g/mol. The van der Waals surface area contributed by atoms with E-state index in [4.69, 9.17) is 27.9 Å². The molecule has 0 aliphatic heterocycles. The van der Waals surface area contributed by atoms with Gasteiger partial charge in [-0.3, -0.25) is 0 Å². The zero-order valence-corrected chi connectivity index (χ0v) is 12.8. The van der Waals surface area contributed by atoms with Gasteiger partial charge in [-0.2, -0.15) is 0 Å². The van der Waals surface area contributed by atoms with Crippen molar-refractivity contribution in [2.24, 2.45) is 0 Å². The molecule has 0 saturated carbocycles. The van der Waals surface area contributed by atoms with Gasteiger partial charge >= 0.3 is 0 Å². The summed E-state index contributed by atoms with van der Waals surface area (Å²) >= 11 is 15.2. The second kappa shape index (κ2) is 5.96. The van der Waals surface area contributed by atoms with Crippen LogP contribution in [0.15, 0.2) is 40.9 Å². The van der Waals surface area contributed by atoms with Gasteiger partial charge in [0.2, 0.25) is 0 Å². The molecule has 2 aromatic carbocycles. The van der Waals surface area contributed by atoms with Gasteiger partial charge in [0.1, 0.15) is 11.5 Å². The minimum atomic E-state index is 0.404. The van der Waals surface area contributed by atoms with E-state index in [1.165, 1.54) is 0 Å². The molecule has 0 amide bonds. The van der Waals surface area contributed by atoms with Crippen molar-refractivity contribution in [3.05, 3.63) is 57.0 Å². The lowest BCUT2D eigenvalue weighted by molar-refractivity contribution is 0.474. The molecule has 0 radical (unpaired) electrons. The third kappa shape index (κ3) is 3.19. The normalized spacial score (nSPS) is 10.4. The molecule has 0 fully saturated rings. The first-order chi connectivity index (χ1) is 8.60. The number of rotatable bonds is 3. The van der Waals surface area contributed by atoms with Crippen LogP contribution in [0.3, 0.4) is 0 Å². The largest absolute Gasteiger partial charge is 0.457 e. The molecule has 94 valence electrons. The molecule has 2 rings (SSSR count). The maximum atomic E-state index is 5.92. The summed E-state index contributed by atoms with van der Waals surface area (Å²) in [6.45, 7) is 1.96. The Morgan fingerprint density at radius 3 is 2.50 bits per heavy atom. The SMILES string of the molecule is Cc1cc(Cl)ccc1Oc1ccc(Br)cc1CCl. The standard InChI is InChI=1S/C14H11BrCl2O/c1-9-6-12(17)3-5-13(9)18-14-4-2-11(15)7-10(14)8-16/h2-7H,8H2,1H3. The van der Waals surface area contributed by atoms with Crippen molar-refractivity contribution < 1.29 is 4.74 Å². The molecule has 2 aromatic rings. The average Bonchev–Trinajstić information content (AvgIpc) is 2.34. The monoisotopic (exact) mass is 344 g/mol. The van der Waals surface area contributed by atoms with Crippen molar-refractivity contribution in [3.8, 4) is 11.5 Å². The summed E-state index contributed by atoms with van der Waals surface area (Å²) < 4.78 is 6.86. The first kappa shape index (κ1) is 13.7. The molecular formula is C14H11BrCl2O. The van der Waals surface area contributed by atoms with Crippen molar-refractivity contribution in [3.63, 3.8) is 0 Å². The smallest absolute Gasteiger partial charge is 0.131 e. The number of halogens is 3. The molecule has 0 bridgehead atoms. The molecule has 0 spiro atoms. The molecule has 0 aliphatic carbocycles. The number of hydrogen-bond acceptors (Lipinski definition) is 1. The highest BCUT2D eigenvalue weighted by molar-refractivity contribution is 9.10. The van der Waals surface area contributed by atoms with Crippen molar-refractivity contribution >= 4 is 39.1 Å². The van der Waals surface area contributed by atoms with E-state index >= 15 is 0 Å². The summed E-state index contributed by atoms with van der Waals surface area (Å²) in [4.78, 5) is 0. The first-order valence-electron chi connectivity index (χ1n) is 5.38. The Bertz CT molecular complexity index is 570. The Kier molecular flexibility index (Phi) is 4.55. The summed E-state index contributed by atoms with van der Waals surface area (Å²) in [5, 5.41) is 0.702. The predicted molar refractivity (Wildman–Crippen MR) is 80.0 cm³/mol. The molecule has 0 aromatic heterocycles. The van der Waals surface area contributed by atoms with Gasteiger partial charge in [-0.25, -0.2) is 0 Å². The lowest BCUT2D eigenvalue weighted by Gasteiger charge is -2.12.